The van der Waals surface area contributed by atoms with Gasteiger partial charge in [0.05, 0.1) is 23.6 Å². The number of nitrogens with one attached hydrogen (secondary N) is 2. The number of nitrogens with zero attached hydrogens (tertiary/aromatic N) is 4. The van der Waals surface area contributed by atoms with Gasteiger partial charge >= 0.3 is 6.03 Å². The second-order valence-electron chi connectivity index (χ2n) is 7.02. The summed E-state index contributed by atoms with van der Waals surface area (Å²) in [5.41, 5.74) is 3.63. The maximum atomic E-state index is 13.1. The number of urea groups is 1. The van der Waals surface area contributed by atoms with Crippen LogP contribution >= 0.6 is 0 Å². The predicted octanol–water partition coefficient (Wildman–Crippen LogP) is 3.39. The smallest absolute Gasteiger partial charge is 0.320 e. The molecule has 0 atom stereocenters. The van der Waals surface area contributed by atoms with E-state index in [0.717, 1.165) is 47.9 Å². The average Bonchev–Trinajstić information content (AvgIpc) is 3.19. The highest BCUT2D eigenvalue weighted by molar-refractivity contribution is 5.88. The summed E-state index contributed by atoms with van der Waals surface area (Å²) in [6.45, 7) is 3.35. The van der Waals surface area contributed by atoms with E-state index >= 15 is 0 Å². The van der Waals surface area contributed by atoms with Gasteiger partial charge in [-0.05, 0) is 44.0 Å². The molecule has 2 aromatic heterocycles. The van der Waals surface area contributed by atoms with E-state index in [4.69, 9.17) is 0 Å². The molecule has 1 aromatic carbocycles. The summed E-state index contributed by atoms with van der Waals surface area (Å²) < 4.78 is 17.0. The second kappa shape index (κ2) is 7.46. The normalized spacial score (nSPS) is 13.2. The van der Waals surface area contributed by atoms with Crippen LogP contribution in [-0.2, 0) is 26.6 Å². The van der Waals surface area contributed by atoms with Gasteiger partial charge in [-0.3, -0.25) is 10.00 Å². The number of imidazole rings is 1. The molecule has 0 spiro atoms. The fraction of sp³-hybridized carbons (Fsp3) is 0.350. The molecular weight excluding hydrogens is 359 g/mol. The fourth-order valence-electron chi connectivity index (χ4n) is 3.64. The summed E-state index contributed by atoms with van der Waals surface area (Å²) in [4.78, 5) is 17.0. The maximum absolute atomic E-state index is 13.1. The van der Waals surface area contributed by atoms with Crippen molar-refractivity contribution in [1.29, 1.82) is 0 Å². The molecule has 8 heteroatoms. The van der Waals surface area contributed by atoms with Crippen molar-refractivity contribution in [3.63, 3.8) is 0 Å². The van der Waals surface area contributed by atoms with Gasteiger partial charge in [0.2, 0.25) is 0 Å². The number of anilines is 1. The van der Waals surface area contributed by atoms with Crippen molar-refractivity contribution in [3.05, 3.63) is 53.4 Å². The Bertz CT molecular complexity index is 1000. The largest absolute Gasteiger partial charge is 0.332 e. The summed E-state index contributed by atoms with van der Waals surface area (Å²) in [6.07, 6.45) is 3.30. The number of halogens is 1. The Morgan fingerprint density at radius 2 is 2.04 bits per heavy atom. The van der Waals surface area contributed by atoms with Crippen molar-refractivity contribution < 1.29 is 9.18 Å². The van der Waals surface area contributed by atoms with E-state index in [1.807, 2.05) is 6.92 Å². The average molecular weight is 382 g/mol. The zero-order valence-corrected chi connectivity index (χ0v) is 16.0. The monoisotopic (exact) mass is 382 g/mol. The Kier molecular flexibility index (Phi) is 4.85. The molecule has 4 rings (SSSR count). The van der Waals surface area contributed by atoms with Gasteiger partial charge < -0.3 is 9.88 Å². The zero-order chi connectivity index (χ0) is 19.7. The number of hydrogen-bond donors (Lipinski definition) is 2. The molecule has 0 fully saturated rings. The summed E-state index contributed by atoms with van der Waals surface area (Å²) in [5.74, 6) is 1.25. The SMILES string of the molecule is Cc1nc2n(c1CNC(=O)Nc1cc(-c3ccc(F)cc3)n(C)n1)CCCC2. The molecule has 3 aromatic rings. The van der Waals surface area contributed by atoms with Gasteiger partial charge in [0.25, 0.3) is 0 Å². The van der Waals surface area contributed by atoms with Crippen LogP contribution in [0, 0.1) is 12.7 Å². The van der Waals surface area contributed by atoms with Crippen LogP contribution < -0.4 is 10.6 Å². The number of rotatable bonds is 4. The fourth-order valence-corrected chi connectivity index (χ4v) is 3.64. The van der Waals surface area contributed by atoms with E-state index in [-0.39, 0.29) is 11.8 Å². The summed E-state index contributed by atoms with van der Waals surface area (Å²) in [5, 5.41) is 9.97. The van der Waals surface area contributed by atoms with Crippen LogP contribution in [0.5, 0.6) is 0 Å². The van der Waals surface area contributed by atoms with Gasteiger partial charge in [0.15, 0.2) is 5.82 Å². The van der Waals surface area contributed by atoms with Crippen LogP contribution in [-0.4, -0.2) is 25.4 Å². The van der Waals surface area contributed by atoms with E-state index in [2.05, 4.69) is 25.3 Å². The van der Waals surface area contributed by atoms with Crippen molar-refractivity contribution in [1.82, 2.24) is 24.6 Å². The van der Waals surface area contributed by atoms with Crippen molar-refractivity contribution in [3.8, 4) is 11.3 Å². The highest BCUT2D eigenvalue weighted by atomic mass is 19.1. The first kappa shape index (κ1) is 18.2. The lowest BCUT2D eigenvalue weighted by atomic mass is 10.1. The molecule has 146 valence electrons. The van der Waals surface area contributed by atoms with Crippen molar-refractivity contribution in [2.24, 2.45) is 7.05 Å². The quantitative estimate of drug-likeness (QED) is 0.726. The van der Waals surface area contributed by atoms with Gasteiger partial charge in [0, 0.05) is 31.6 Å². The molecule has 2 amide bonds. The first-order valence-electron chi connectivity index (χ1n) is 9.41. The molecule has 0 unspecified atom stereocenters. The molecule has 0 bridgehead atoms. The number of carbonyl (C=O) groups excluding carboxylic acids is 1. The lowest BCUT2D eigenvalue weighted by Crippen LogP contribution is -2.30. The van der Waals surface area contributed by atoms with Crippen molar-refractivity contribution in [2.75, 3.05) is 5.32 Å². The molecule has 1 aliphatic heterocycles. The third-order valence-corrected chi connectivity index (χ3v) is 5.06. The molecule has 28 heavy (non-hydrogen) atoms. The molecule has 1 aliphatic rings. The maximum Gasteiger partial charge on any atom is 0.320 e. The molecule has 2 N–H and O–H groups in total. The number of fused-ring (bicyclic) bond motifs is 1. The minimum Gasteiger partial charge on any atom is -0.332 e. The van der Waals surface area contributed by atoms with E-state index in [0.29, 0.717) is 12.4 Å². The Labute approximate surface area is 162 Å². The number of aromatic nitrogens is 4. The lowest BCUT2D eigenvalue weighted by Gasteiger charge is -2.16. The molecule has 0 radical (unpaired) electrons. The van der Waals surface area contributed by atoms with Crippen LogP contribution in [0.25, 0.3) is 11.3 Å². The minimum atomic E-state index is -0.325. The molecule has 3 heterocycles. The highest BCUT2D eigenvalue weighted by Crippen LogP contribution is 2.22. The second-order valence-corrected chi connectivity index (χ2v) is 7.02. The van der Waals surface area contributed by atoms with Crippen LogP contribution in [0.2, 0.25) is 0 Å². The number of amides is 2. The van der Waals surface area contributed by atoms with Crippen LogP contribution in [0.1, 0.15) is 30.1 Å². The standard InChI is InChI=1S/C20H23FN6O/c1-13-17(27-10-4-3-5-19(27)23-13)12-22-20(28)24-18-11-16(26(2)25-18)14-6-8-15(21)9-7-14/h6-9,11H,3-5,10,12H2,1-2H3,(H2,22,24,25,28). The third kappa shape index (κ3) is 3.62. The Morgan fingerprint density at radius 1 is 1.25 bits per heavy atom. The summed E-state index contributed by atoms with van der Waals surface area (Å²) >= 11 is 0. The Balaban J connectivity index is 1.41. The Morgan fingerprint density at radius 3 is 2.82 bits per heavy atom. The van der Waals surface area contributed by atoms with Gasteiger partial charge in [-0.25, -0.2) is 14.2 Å². The Hall–Kier alpha value is -3.16. The summed E-state index contributed by atoms with van der Waals surface area (Å²) in [7, 11) is 1.78. The zero-order valence-electron chi connectivity index (χ0n) is 16.0. The number of carbonyl (C=O) groups is 1. The summed E-state index contributed by atoms with van der Waals surface area (Å²) in [6, 6.07) is 7.60. The van der Waals surface area contributed by atoms with Crippen LogP contribution in [0.3, 0.4) is 0 Å². The molecule has 0 aliphatic carbocycles. The van der Waals surface area contributed by atoms with E-state index in [1.54, 1.807) is 29.9 Å². The number of aryl methyl sites for hydroxylation is 3. The minimum absolute atomic E-state index is 0.291. The molecule has 0 saturated carbocycles. The van der Waals surface area contributed by atoms with E-state index < -0.39 is 0 Å². The number of hydrogen-bond acceptors (Lipinski definition) is 3. The molecule has 0 saturated heterocycles. The van der Waals surface area contributed by atoms with Crippen LogP contribution in [0.4, 0.5) is 15.0 Å². The van der Waals surface area contributed by atoms with Gasteiger partial charge in [-0.1, -0.05) is 0 Å². The van der Waals surface area contributed by atoms with Crippen molar-refractivity contribution >= 4 is 11.8 Å². The number of benzene rings is 1. The third-order valence-electron chi connectivity index (χ3n) is 5.06. The van der Waals surface area contributed by atoms with Crippen molar-refractivity contribution in [2.45, 2.75) is 39.3 Å². The topological polar surface area (TPSA) is 76.8 Å². The van der Waals surface area contributed by atoms with Gasteiger partial charge in [-0.2, -0.15) is 5.10 Å². The first-order valence-corrected chi connectivity index (χ1v) is 9.41. The molecule has 7 nitrogen and oxygen atoms in total. The van der Waals surface area contributed by atoms with Gasteiger partial charge in [-0.15, -0.1) is 0 Å². The lowest BCUT2D eigenvalue weighted by molar-refractivity contribution is 0.251. The van der Waals surface area contributed by atoms with Gasteiger partial charge in [0.1, 0.15) is 11.6 Å². The first-order chi connectivity index (χ1) is 13.5. The predicted molar refractivity (Wildman–Crippen MR) is 104 cm³/mol. The van der Waals surface area contributed by atoms with Crippen LogP contribution in [0.15, 0.2) is 30.3 Å². The van der Waals surface area contributed by atoms with E-state index in [1.165, 1.54) is 18.6 Å². The van der Waals surface area contributed by atoms with E-state index in [9.17, 15) is 9.18 Å². The molecular formula is C20H23FN6O. The highest BCUT2D eigenvalue weighted by Gasteiger charge is 2.18.